The Morgan fingerprint density at radius 1 is 1.46 bits per heavy atom. The summed E-state index contributed by atoms with van der Waals surface area (Å²) < 4.78 is 1.10. The van der Waals surface area contributed by atoms with Gasteiger partial charge in [-0.05, 0) is 40.9 Å². The maximum absolute atomic E-state index is 8.62. The van der Waals surface area contributed by atoms with Crippen molar-refractivity contribution in [1.29, 1.82) is 0 Å². The van der Waals surface area contributed by atoms with Gasteiger partial charge in [0.15, 0.2) is 0 Å². The third-order valence-corrected chi connectivity index (χ3v) is 2.89. The van der Waals surface area contributed by atoms with Gasteiger partial charge in [-0.15, -0.1) is 0 Å². The number of aliphatic hydroxyl groups excluding tert-OH is 1. The van der Waals surface area contributed by atoms with Crippen LogP contribution in [-0.4, -0.2) is 18.3 Å². The topological polar surface area (TPSA) is 32.3 Å². The van der Waals surface area contributed by atoms with Gasteiger partial charge in [0.2, 0.25) is 0 Å². The molecule has 0 aromatic heterocycles. The summed E-state index contributed by atoms with van der Waals surface area (Å²) >= 11 is 3.51. The molecule has 3 heteroatoms. The molecule has 1 aromatic carbocycles. The molecule has 0 bridgehead atoms. The van der Waals surface area contributed by atoms with Gasteiger partial charge in [0.25, 0.3) is 0 Å². The Kier molecular flexibility index (Phi) is 4.25. The van der Waals surface area contributed by atoms with Crippen LogP contribution in [0.2, 0.25) is 0 Å². The van der Waals surface area contributed by atoms with Crippen LogP contribution in [0.4, 0.5) is 5.69 Å². The molecular weight excluding hydrogens is 230 g/mol. The fraction of sp³-hybridized carbons (Fsp3) is 0.400. The number of halogens is 1. The second kappa shape index (κ2) is 5.25. The first-order valence-corrected chi connectivity index (χ1v) is 5.15. The third kappa shape index (κ3) is 3.01. The lowest BCUT2D eigenvalue weighted by atomic mass is 10.2. The van der Waals surface area contributed by atoms with E-state index in [2.05, 4.69) is 34.2 Å². The van der Waals surface area contributed by atoms with Crippen molar-refractivity contribution in [3.8, 4) is 0 Å². The van der Waals surface area contributed by atoms with E-state index in [-0.39, 0.29) is 6.61 Å². The first kappa shape index (κ1) is 10.5. The van der Waals surface area contributed by atoms with Gasteiger partial charge >= 0.3 is 0 Å². The summed E-state index contributed by atoms with van der Waals surface area (Å²) in [5.41, 5.74) is 2.31. The van der Waals surface area contributed by atoms with Gasteiger partial charge < -0.3 is 10.4 Å². The molecular formula is C10H14BrNO. The lowest BCUT2D eigenvalue weighted by Gasteiger charge is -2.08. The van der Waals surface area contributed by atoms with E-state index in [0.717, 1.165) is 23.1 Å². The third-order valence-electron chi connectivity index (χ3n) is 1.84. The monoisotopic (exact) mass is 243 g/mol. The predicted octanol–water partition coefficient (Wildman–Crippen LogP) is 2.55. The van der Waals surface area contributed by atoms with Gasteiger partial charge in [0.1, 0.15) is 0 Å². The Balaban J connectivity index is 2.61. The average Bonchev–Trinajstić information content (AvgIpc) is 2.13. The summed E-state index contributed by atoms with van der Waals surface area (Å²) in [5, 5.41) is 11.9. The Morgan fingerprint density at radius 2 is 2.23 bits per heavy atom. The van der Waals surface area contributed by atoms with Crippen LogP contribution in [0.5, 0.6) is 0 Å². The van der Waals surface area contributed by atoms with Crippen molar-refractivity contribution in [2.24, 2.45) is 0 Å². The number of hydrogen-bond acceptors (Lipinski definition) is 2. The Bertz CT molecular complexity index is 276. The highest BCUT2D eigenvalue weighted by molar-refractivity contribution is 9.10. The Labute approximate surface area is 87.1 Å². The van der Waals surface area contributed by atoms with Gasteiger partial charge in [0, 0.05) is 23.3 Å². The number of aryl methyl sites for hydroxylation is 1. The van der Waals surface area contributed by atoms with Crippen molar-refractivity contribution in [2.45, 2.75) is 13.3 Å². The van der Waals surface area contributed by atoms with Crippen LogP contribution in [0.1, 0.15) is 12.0 Å². The van der Waals surface area contributed by atoms with E-state index in [4.69, 9.17) is 5.11 Å². The van der Waals surface area contributed by atoms with Crippen molar-refractivity contribution in [1.82, 2.24) is 0 Å². The lowest BCUT2D eigenvalue weighted by Crippen LogP contribution is -2.04. The van der Waals surface area contributed by atoms with Crippen LogP contribution in [0.25, 0.3) is 0 Å². The molecule has 0 aliphatic heterocycles. The van der Waals surface area contributed by atoms with E-state index >= 15 is 0 Å². The largest absolute Gasteiger partial charge is 0.396 e. The molecule has 0 atom stereocenters. The quantitative estimate of drug-likeness (QED) is 0.798. The summed E-state index contributed by atoms with van der Waals surface area (Å²) in [7, 11) is 0. The van der Waals surface area contributed by atoms with Crippen LogP contribution in [0.3, 0.4) is 0 Å². The predicted molar refractivity (Wildman–Crippen MR) is 59.1 cm³/mol. The molecule has 2 nitrogen and oxygen atoms in total. The molecule has 0 aliphatic carbocycles. The zero-order valence-electron chi connectivity index (χ0n) is 7.68. The highest BCUT2D eigenvalue weighted by Gasteiger charge is 1.99. The molecule has 0 saturated heterocycles. The smallest absolute Gasteiger partial charge is 0.0487 e. The Morgan fingerprint density at radius 3 is 2.92 bits per heavy atom. The van der Waals surface area contributed by atoms with Crippen LogP contribution in [0, 0.1) is 6.92 Å². The van der Waals surface area contributed by atoms with E-state index in [1.807, 2.05) is 12.1 Å². The molecule has 0 fully saturated rings. The van der Waals surface area contributed by atoms with Crippen LogP contribution < -0.4 is 5.32 Å². The van der Waals surface area contributed by atoms with Gasteiger partial charge in [-0.2, -0.15) is 0 Å². The molecule has 0 unspecified atom stereocenters. The SMILES string of the molecule is Cc1cccc(NCCCO)c1Br. The number of rotatable bonds is 4. The first-order chi connectivity index (χ1) is 6.25. The molecule has 0 saturated carbocycles. The standard InChI is InChI=1S/C10H14BrNO/c1-8-4-2-5-9(10(8)11)12-6-3-7-13/h2,4-5,12-13H,3,6-7H2,1H3. The fourth-order valence-electron chi connectivity index (χ4n) is 1.09. The second-order valence-electron chi connectivity index (χ2n) is 2.94. The lowest BCUT2D eigenvalue weighted by molar-refractivity contribution is 0.292. The summed E-state index contributed by atoms with van der Waals surface area (Å²) in [4.78, 5) is 0. The van der Waals surface area contributed by atoms with Gasteiger partial charge in [-0.1, -0.05) is 12.1 Å². The van der Waals surface area contributed by atoms with Crippen LogP contribution in [-0.2, 0) is 0 Å². The molecule has 1 aromatic rings. The number of anilines is 1. The Hall–Kier alpha value is -0.540. The van der Waals surface area contributed by atoms with Crippen molar-refractivity contribution < 1.29 is 5.11 Å². The van der Waals surface area contributed by atoms with Crippen LogP contribution in [0.15, 0.2) is 22.7 Å². The van der Waals surface area contributed by atoms with Gasteiger partial charge in [-0.25, -0.2) is 0 Å². The summed E-state index contributed by atoms with van der Waals surface area (Å²) in [6.07, 6.45) is 0.778. The van der Waals surface area contributed by atoms with Crippen molar-refractivity contribution in [3.05, 3.63) is 28.2 Å². The highest BCUT2D eigenvalue weighted by Crippen LogP contribution is 2.25. The van der Waals surface area contributed by atoms with Crippen molar-refractivity contribution in [3.63, 3.8) is 0 Å². The highest BCUT2D eigenvalue weighted by atomic mass is 79.9. The fourth-order valence-corrected chi connectivity index (χ4v) is 1.49. The summed E-state index contributed by atoms with van der Waals surface area (Å²) in [6.45, 7) is 3.09. The molecule has 0 spiro atoms. The van der Waals surface area contributed by atoms with E-state index in [9.17, 15) is 0 Å². The maximum Gasteiger partial charge on any atom is 0.0487 e. The molecule has 1 rings (SSSR count). The average molecular weight is 244 g/mol. The zero-order chi connectivity index (χ0) is 9.68. The molecule has 72 valence electrons. The molecule has 0 aliphatic rings. The maximum atomic E-state index is 8.62. The van der Waals surface area contributed by atoms with E-state index in [1.54, 1.807) is 0 Å². The minimum atomic E-state index is 0.233. The molecule has 0 amide bonds. The number of aliphatic hydroxyl groups is 1. The van der Waals surface area contributed by atoms with Crippen molar-refractivity contribution in [2.75, 3.05) is 18.5 Å². The van der Waals surface area contributed by atoms with E-state index in [1.165, 1.54) is 5.56 Å². The van der Waals surface area contributed by atoms with Gasteiger partial charge in [-0.3, -0.25) is 0 Å². The van der Waals surface area contributed by atoms with E-state index < -0.39 is 0 Å². The first-order valence-electron chi connectivity index (χ1n) is 4.35. The van der Waals surface area contributed by atoms with Crippen molar-refractivity contribution >= 4 is 21.6 Å². The summed E-state index contributed by atoms with van der Waals surface area (Å²) in [5.74, 6) is 0. The molecule has 0 heterocycles. The minimum Gasteiger partial charge on any atom is -0.396 e. The summed E-state index contributed by atoms with van der Waals surface area (Å²) in [6, 6.07) is 6.09. The molecule has 13 heavy (non-hydrogen) atoms. The number of hydrogen-bond donors (Lipinski definition) is 2. The van der Waals surface area contributed by atoms with E-state index in [0.29, 0.717) is 0 Å². The minimum absolute atomic E-state index is 0.233. The molecule has 2 N–H and O–H groups in total. The molecule has 0 radical (unpaired) electrons. The zero-order valence-corrected chi connectivity index (χ0v) is 9.26. The van der Waals surface area contributed by atoms with Crippen LogP contribution >= 0.6 is 15.9 Å². The number of nitrogens with one attached hydrogen (secondary N) is 1. The normalized spacial score (nSPS) is 10.1. The van der Waals surface area contributed by atoms with Gasteiger partial charge in [0.05, 0.1) is 0 Å². The number of benzene rings is 1. The second-order valence-corrected chi connectivity index (χ2v) is 3.73.